The normalized spacial score (nSPS) is 14.9. The van der Waals surface area contributed by atoms with E-state index in [1.807, 2.05) is 24.9 Å². The SMILES string of the molecule is CC(N)C(c1ccccc1F)N(C)CCCO. The summed E-state index contributed by atoms with van der Waals surface area (Å²) in [7, 11) is 1.90. The zero-order chi connectivity index (χ0) is 12.8. The van der Waals surface area contributed by atoms with Crippen LogP contribution in [-0.2, 0) is 0 Å². The lowest BCUT2D eigenvalue weighted by atomic mass is 9.99. The van der Waals surface area contributed by atoms with Crippen LogP contribution in [0.5, 0.6) is 0 Å². The molecule has 1 aromatic carbocycles. The third-order valence-corrected chi connectivity index (χ3v) is 2.87. The van der Waals surface area contributed by atoms with Crippen LogP contribution in [0.4, 0.5) is 4.39 Å². The Hall–Kier alpha value is -0.970. The van der Waals surface area contributed by atoms with Gasteiger partial charge >= 0.3 is 0 Å². The van der Waals surface area contributed by atoms with Gasteiger partial charge in [0.05, 0.1) is 6.04 Å². The van der Waals surface area contributed by atoms with Crippen molar-refractivity contribution in [2.24, 2.45) is 5.73 Å². The first-order valence-corrected chi connectivity index (χ1v) is 5.89. The fourth-order valence-electron chi connectivity index (χ4n) is 2.10. The van der Waals surface area contributed by atoms with Gasteiger partial charge in [0.1, 0.15) is 5.82 Å². The largest absolute Gasteiger partial charge is 0.396 e. The van der Waals surface area contributed by atoms with E-state index in [9.17, 15) is 4.39 Å². The van der Waals surface area contributed by atoms with Gasteiger partial charge in [-0.25, -0.2) is 4.39 Å². The first kappa shape index (κ1) is 14.1. The quantitative estimate of drug-likeness (QED) is 0.792. The first-order valence-electron chi connectivity index (χ1n) is 5.89. The molecule has 3 N–H and O–H groups in total. The summed E-state index contributed by atoms with van der Waals surface area (Å²) in [5.41, 5.74) is 6.55. The standard InChI is InChI=1S/C13H21FN2O/c1-10(15)13(16(2)8-5-9-17)11-6-3-4-7-12(11)14/h3-4,6-7,10,13,17H,5,8-9,15H2,1-2H3. The molecule has 96 valence electrons. The molecule has 4 heteroatoms. The fraction of sp³-hybridized carbons (Fsp3) is 0.538. The number of benzene rings is 1. The number of halogens is 1. The van der Waals surface area contributed by atoms with Crippen LogP contribution in [0.3, 0.4) is 0 Å². The molecule has 0 amide bonds. The molecular formula is C13H21FN2O. The fourth-order valence-corrected chi connectivity index (χ4v) is 2.10. The lowest BCUT2D eigenvalue weighted by Gasteiger charge is -2.31. The van der Waals surface area contributed by atoms with Crippen LogP contribution in [0, 0.1) is 5.82 Å². The van der Waals surface area contributed by atoms with E-state index in [2.05, 4.69) is 0 Å². The van der Waals surface area contributed by atoms with Crippen LogP contribution in [-0.4, -0.2) is 36.2 Å². The minimum atomic E-state index is -0.231. The van der Waals surface area contributed by atoms with Crippen molar-refractivity contribution in [3.05, 3.63) is 35.6 Å². The Bertz CT molecular complexity index is 344. The maximum Gasteiger partial charge on any atom is 0.128 e. The minimum absolute atomic E-state index is 0.132. The minimum Gasteiger partial charge on any atom is -0.396 e. The van der Waals surface area contributed by atoms with Gasteiger partial charge in [0, 0.05) is 24.8 Å². The molecule has 0 aromatic heterocycles. The molecule has 0 radical (unpaired) electrons. The van der Waals surface area contributed by atoms with Crippen LogP contribution in [0.1, 0.15) is 24.9 Å². The molecule has 3 nitrogen and oxygen atoms in total. The third kappa shape index (κ3) is 3.77. The summed E-state index contributed by atoms with van der Waals surface area (Å²) in [5, 5.41) is 8.83. The molecule has 0 heterocycles. The molecule has 0 bridgehead atoms. The van der Waals surface area contributed by atoms with Crippen molar-refractivity contribution in [3.8, 4) is 0 Å². The highest BCUT2D eigenvalue weighted by Crippen LogP contribution is 2.24. The van der Waals surface area contributed by atoms with E-state index < -0.39 is 0 Å². The average Bonchev–Trinajstić information content (AvgIpc) is 2.29. The summed E-state index contributed by atoms with van der Waals surface area (Å²) in [5.74, 6) is -0.231. The van der Waals surface area contributed by atoms with Gasteiger partial charge in [-0.05, 0) is 26.5 Å². The van der Waals surface area contributed by atoms with E-state index in [0.717, 1.165) is 0 Å². The van der Waals surface area contributed by atoms with Crippen molar-refractivity contribution in [3.63, 3.8) is 0 Å². The first-order chi connectivity index (χ1) is 8.07. The molecule has 0 spiro atoms. The Labute approximate surface area is 102 Å². The maximum atomic E-state index is 13.8. The Balaban J connectivity index is 2.89. The summed E-state index contributed by atoms with van der Waals surface area (Å²) >= 11 is 0. The predicted octanol–water partition coefficient (Wildman–Crippen LogP) is 1.53. The molecule has 0 saturated heterocycles. The number of rotatable bonds is 6. The second kappa shape index (κ2) is 6.69. The number of aliphatic hydroxyl groups excluding tert-OH is 1. The predicted molar refractivity (Wildman–Crippen MR) is 67.1 cm³/mol. The van der Waals surface area contributed by atoms with Gasteiger partial charge in [-0.3, -0.25) is 4.90 Å². The van der Waals surface area contributed by atoms with Gasteiger partial charge in [-0.2, -0.15) is 0 Å². The monoisotopic (exact) mass is 240 g/mol. The number of nitrogens with zero attached hydrogens (tertiary/aromatic N) is 1. The van der Waals surface area contributed by atoms with E-state index in [0.29, 0.717) is 18.5 Å². The molecule has 2 atom stereocenters. The van der Waals surface area contributed by atoms with E-state index >= 15 is 0 Å². The van der Waals surface area contributed by atoms with Gasteiger partial charge in [-0.1, -0.05) is 18.2 Å². The number of hydrogen-bond acceptors (Lipinski definition) is 3. The second-order valence-electron chi connectivity index (χ2n) is 4.38. The van der Waals surface area contributed by atoms with Crippen molar-refractivity contribution < 1.29 is 9.50 Å². The molecule has 1 aromatic rings. The molecule has 0 aliphatic carbocycles. The zero-order valence-electron chi connectivity index (χ0n) is 10.4. The smallest absolute Gasteiger partial charge is 0.128 e. The van der Waals surface area contributed by atoms with Crippen molar-refractivity contribution >= 4 is 0 Å². The maximum absolute atomic E-state index is 13.8. The van der Waals surface area contributed by atoms with E-state index in [4.69, 9.17) is 10.8 Å². The summed E-state index contributed by atoms with van der Waals surface area (Å²) in [6.45, 7) is 2.69. The number of nitrogens with two attached hydrogens (primary N) is 1. The number of aliphatic hydroxyl groups is 1. The second-order valence-corrected chi connectivity index (χ2v) is 4.38. The van der Waals surface area contributed by atoms with E-state index in [1.54, 1.807) is 12.1 Å². The van der Waals surface area contributed by atoms with Crippen molar-refractivity contribution in [2.75, 3.05) is 20.2 Å². The Kier molecular flexibility index (Phi) is 5.55. The van der Waals surface area contributed by atoms with Crippen LogP contribution in [0.15, 0.2) is 24.3 Å². The molecule has 0 fully saturated rings. The lowest BCUT2D eigenvalue weighted by molar-refractivity contribution is 0.188. The van der Waals surface area contributed by atoms with Gasteiger partial charge in [0.2, 0.25) is 0 Å². The zero-order valence-corrected chi connectivity index (χ0v) is 10.4. The van der Waals surface area contributed by atoms with Crippen molar-refractivity contribution in [1.29, 1.82) is 0 Å². The number of hydrogen-bond donors (Lipinski definition) is 2. The molecular weight excluding hydrogens is 219 g/mol. The van der Waals surface area contributed by atoms with Crippen LogP contribution < -0.4 is 5.73 Å². The lowest BCUT2D eigenvalue weighted by Crippen LogP contribution is -2.38. The summed E-state index contributed by atoms with van der Waals surface area (Å²) in [6.07, 6.45) is 0.661. The highest BCUT2D eigenvalue weighted by Gasteiger charge is 2.23. The molecule has 0 aliphatic heterocycles. The van der Waals surface area contributed by atoms with Crippen molar-refractivity contribution in [2.45, 2.75) is 25.4 Å². The van der Waals surface area contributed by atoms with Gasteiger partial charge in [0.15, 0.2) is 0 Å². The molecule has 1 rings (SSSR count). The molecule has 2 unspecified atom stereocenters. The molecule has 0 saturated carbocycles. The number of likely N-dealkylation sites (N-methyl/N-ethyl adjacent to an activating group) is 1. The highest BCUT2D eigenvalue weighted by molar-refractivity contribution is 5.22. The third-order valence-electron chi connectivity index (χ3n) is 2.87. The average molecular weight is 240 g/mol. The summed E-state index contributed by atoms with van der Waals surface area (Å²) < 4.78 is 13.8. The van der Waals surface area contributed by atoms with Crippen LogP contribution >= 0.6 is 0 Å². The summed E-state index contributed by atoms with van der Waals surface area (Å²) in [6, 6.07) is 6.36. The topological polar surface area (TPSA) is 49.5 Å². The molecule has 17 heavy (non-hydrogen) atoms. The van der Waals surface area contributed by atoms with E-state index in [-0.39, 0.29) is 24.5 Å². The van der Waals surface area contributed by atoms with E-state index in [1.165, 1.54) is 6.07 Å². The van der Waals surface area contributed by atoms with Gasteiger partial charge in [-0.15, -0.1) is 0 Å². The van der Waals surface area contributed by atoms with Crippen molar-refractivity contribution in [1.82, 2.24) is 4.90 Å². The summed E-state index contributed by atoms with van der Waals surface area (Å²) in [4.78, 5) is 1.99. The Morgan fingerprint density at radius 1 is 1.41 bits per heavy atom. The van der Waals surface area contributed by atoms with Crippen LogP contribution in [0.25, 0.3) is 0 Å². The Morgan fingerprint density at radius 3 is 2.59 bits per heavy atom. The van der Waals surface area contributed by atoms with Gasteiger partial charge in [0.25, 0.3) is 0 Å². The molecule has 0 aliphatic rings. The van der Waals surface area contributed by atoms with Crippen LogP contribution in [0.2, 0.25) is 0 Å². The Morgan fingerprint density at radius 2 is 2.06 bits per heavy atom. The highest BCUT2D eigenvalue weighted by atomic mass is 19.1. The van der Waals surface area contributed by atoms with Gasteiger partial charge < -0.3 is 10.8 Å².